The summed E-state index contributed by atoms with van der Waals surface area (Å²) in [5.41, 5.74) is 0. The van der Waals surface area contributed by atoms with E-state index in [9.17, 15) is 24.2 Å². The van der Waals surface area contributed by atoms with Gasteiger partial charge in [-0.3, -0.25) is 18.6 Å². The second-order valence-electron chi connectivity index (χ2n) is 9.08. The fourth-order valence-corrected chi connectivity index (χ4v) is 4.13. The van der Waals surface area contributed by atoms with Crippen LogP contribution in [0, 0.1) is 0 Å². The van der Waals surface area contributed by atoms with Crippen LogP contribution in [0.25, 0.3) is 0 Å². The topological polar surface area (TPSA) is 149 Å². The fraction of sp³-hybridized carbons (Fsp3) is 0.920. The van der Waals surface area contributed by atoms with E-state index < -0.39 is 51.8 Å². The van der Waals surface area contributed by atoms with Gasteiger partial charge in [0.1, 0.15) is 12.7 Å². The summed E-state index contributed by atoms with van der Waals surface area (Å²) < 4.78 is 31.9. The molecule has 1 unspecified atom stereocenters. The predicted octanol–water partition coefficient (Wildman–Crippen LogP) is 4.82. The fourth-order valence-electron chi connectivity index (χ4n) is 3.34. The first kappa shape index (κ1) is 35.0. The van der Waals surface area contributed by atoms with Crippen LogP contribution < -0.4 is 0 Å². The maximum absolute atomic E-state index is 12.2. The smallest absolute Gasteiger partial charge is 0.462 e. The normalized spacial score (nSPS) is 14.7. The van der Waals surface area contributed by atoms with Crippen molar-refractivity contribution in [3.63, 3.8) is 0 Å². The summed E-state index contributed by atoms with van der Waals surface area (Å²) in [5, 5.41) is 18.0. The number of carbonyl (C=O) groups is 2. The third-order valence-electron chi connectivity index (χ3n) is 5.51. The lowest BCUT2D eigenvalue weighted by molar-refractivity contribution is -0.161. The largest absolute Gasteiger partial charge is 0.472 e. The van der Waals surface area contributed by atoms with Gasteiger partial charge in [-0.15, -0.1) is 0 Å². The molecule has 3 atom stereocenters. The Hall–Kier alpha value is -1.03. The number of hydrogen-bond donors (Lipinski definition) is 3. The number of unbranched alkanes of at least 4 members (excludes halogenated alkanes) is 11. The zero-order chi connectivity index (χ0) is 27.1. The number of aliphatic hydroxyl groups excluding tert-OH is 2. The van der Waals surface area contributed by atoms with E-state index in [2.05, 4.69) is 18.4 Å². The van der Waals surface area contributed by atoms with Crippen LogP contribution in [0.1, 0.15) is 110 Å². The van der Waals surface area contributed by atoms with E-state index in [0.29, 0.717) is 12.8 Å². The molecule has 10 nitrogen and oxygen atoms in total. The number of phosphoric ester groups is 1. The lowest BCUT2D eigenvalue weighted by atomic mass is 10.1. The van der Waals surface area contributed by atoms with Crippen molar-refractivity contribution in [1.82, 2.24) is 0 Å². The Kier molecular flexibility index (Phi) is 22.5. The molecule has 0 radical (unpaired) electrons. The molecule has 214 valence electrons. The zero-order valence-corrected chi connectivity index (χ0v) is 23.1. The van der Waals surface area contributed by atoms with E-state index in [1.807, 2.05) is 0 Å². The third-order valence-corrected chi connectivity index (χ3v) is 6.46. The van der Waals surface area contributed by atoms with Crippen LogP contribution in [0.3, 0.4) is 0 Å². The van der Waals surface area contributed by atoms with E-state index in [-0.39, 0.29) is 19.4 Å². The molecule has 0 aliphatic carbocycles. The summed E-state index contributed by atoms with van der Waals surface area (Å²) >= 11 is 0. The van der Waals surface area contributed by atoms with Gasteiger partial charge in [-0.25, -0.2) is 4.57 Å². The highest BCUT2D eigenvalue weighted by Crippen LogP contribution is 2.43. The molecule has 0 aromatic rings. The van der Waals surface area contributed by atoms with Gasteiger partial charge in [-0.1, -0.05) is 84.5 Å². The molecule has 0 rings (SSSR count). The molecule has 0 aromatic carbocycles. The standard InChI is InChI=1S/C25H49O10P/c1-3-5-7-9-10-11-12-13-15-16-24(28)32-20-23(35-25(29)17-14-8-6-4-2)21-34-36(30,31)33-19-22(27)18-26/h22-23,26-27H,3-21H2,1-2H3,(H,30,31)/t22-,23+/m0/s1. The summed E-state index contributed by atoms with van der Waals surface area (Å²) in [7, 11) is -4.58. The molecule has 0 bridgehead atoms. The van der Waals surface area contributed by atoms with Gasteiger partial charge in [0.25, 0.3) is 0 Å². The van der Waals surface area contributed by atoms with Crippen LogP contribution in [-0.2, 0) is 32.7 Å². The molecule has 0 aliphatic rings. The highest BCUT2D eigenvalue weighted by Gasteiger charge is 2.27. The van der Waals surface area contributed by atoms with Crippen LogP contribution in [-0.4, -0.2) is 65.7 Å². The van der Waals surface area contributed by atoms with Crippen LogP contribution in [0.2, 0.25) is 0 Å². The van der Waals surface area contributed by atoms with Crippen molar-refractivity contribution in [3.05, 3.63) is 0 Å². The van der Waals surface area contributed by atoms with Crippen molar-refractivity contribution in [2.45, 2.75) is 122 Å². The number of aliphatic hydroxyl groups is 2. The lowest BCUT2D eigenvalue weighted by Gasteiger charge is -2.20. The number of rotatable bonds is 25. The van der Waals surface area contributed by atoms with E-state index in [1.54, 1.807) is 0 Å². The van der Waals surface area contributed by atoms with Crippen molar-refractivity contribution in [2.75, 3.05) is 26.4 Å². The second-order valence-corrected chi connectivity index (χ2v) is 10.5. The predicted molar refractivity (Wildman–Crippen MR) is 136 cm³/mol. The van der Waals surface area contributed by atoms with Gasteiger partial charge < -0.3 is 24.6 Å². The first-order chi connectivity index (χ1) is 17.2. The van der Waals surface area contributed by atoms with Crippen LogP contribution >= 0.6 is 7.82 Å². The van der Waals surface area contributed by atoms with E-state index in [1.165, 1.54) is 32.1 Å². The van der Waals surface area contributed by atoms with Crippen molar-refractivity contribution in [1.29, 1.82) is 0 Å². The molecule has 0 amide bonds. The van der Waals surface area contributed by atoms with Gasteiger partial charge in [-0.2, -0.15) is 0 Å². The minimum atomic E-state index is -4.58. The Morgan fingerprint density at radius 1 is 0.722 bits per heavy atom. The van der Waals surface area contributed by atoms with Gasteiger partial charge in [0.05, 0.1) is 19.8 Å². The molecule has 0 heterocycles. The van der Waals surface area contributed by atoms with Crippen molar-refractivity contribution in [3.8, 4) is 0 Å². The molecule has 0 aromatic heterocycles. The Morgan fingerprint density at radius 2 is 1.19 bits per heavy atom. The monoisotopic (exact) mass is 540 g/mol. The quantitative estimate of drug-likeness (QED) is 0.0836. The van der Waals surface area contributed by atoms with E-state index in [4.69, 9.17) is 19.1 Å². The van der Waals surface area contributed by atoms with Crippen LogP contribution in [0.5, 0.6) is 0 Å². The zero-order valence-electron chi connectivity index (χ0n) is 22.2. The minimum Gasteiger partial charge on any atom is -0.462 e. The van der Waals surface area contributed by atoms with E-state index >= 15 is 0 Å². The van der Waals surface area contributed by atoms with Gasteiger partial charge >= 0.3 is 19.8 Å². The second kappa shape index (κ2) is 23.1. The lowest BCUT2D eigenvalue weighted by Crippen LogP contribution is -2.29. The number of hydrogen-bond acceptors (Lipinski definition) is 9. The summed E-state index contributed by atoms with van der Waals surface area (Å²) in [6.07, 6.45) is 11.7. The van der Waals surface area contributed by atoms with Crippen molar-refractivity contribution >= 4 is 19.8 Å². The Bertz CT molecular complexity index is 601. The van der Waals surface area contributed by atoms with E-state index in [0.717, 1.165) is 38.5 Å². The maximum atomic E-state index is 12.2. The summed E-state index contributed by atoms with van der Waals surface area (Å²) in [4.78, 5) is 34.0. The number of carbonyl (C=O) groups excluding carboxylic acids is 2. The Balaban J connectivity index is 4.45. The Morgan fingerprint density at radius 3 is 1.75 bits per heavy atom. The minimum absolute atomic E-state index is 0.179. The molecular formula is C25H49O10P. The molecule has 0 spiro atoms. The molecule has 0 saturated carbocycles. The number of ether oxygens (including phenoxy) is 2. The van der Waals surface area contributed by atoms with Gasteiger partial charge in [0.2, 0.25) is 0 Å². The average Bonchev–Trinajstić information content (AvgIpc) is 2.85. The summed E-state index contributed by atoms with van der Waals surface area (Å²) in [6.45, 7) is 2.15. The maximum Gasteiger partial charge on any atom is 0.472 e. The highest BCUT2D eigenvalue weighted by molar-refractivity contribution is 7.47. The Labute approximate surface area is 216 Å². The molecule has 0 aliphatic heterocycles. The molecular weight excluding hydrogens is 491 g/mol. The average molecular weight is 541 g/mol. The molecule has 11 heteroatoms. The summed E-state index contributed by atoms with van der Waals surface area (Å²) in [6, 6.07) is 0. The van der Waals surface area contributed by atoms with Gasteiger partial charge in [0, 0.05) is 12.8 Å². The SMILES string of the molecule is CCCCCCCCCCCC(=O)OC[C@H](COP(=O)(O)OC[C@@H](O)CO)OC(=O)CCCCCC. The van der Waals surface area contributed by atoms with Crippen LogP contribution in [0.15, 0.2) is 0 Å². The van der Waals surface area contributed by atoms with Gasteiger partial charge in [0.15, 0.2) is 6.10 Å². The first-order valence-corrected chi connectivity index (χ1v) is 15.0. The molecule has 0 fully saturated rings. The molecule has 3 N–H and O–H groups in total. The highest BCUT2D eigenvalue weighted by atomic mass is 31.2. The third kappa shape index (κ3) is 22.2. The first-order valence-electron chi connectivity index (χ1n) is 13.5. The van der Waals surface area contributed by atoms with Gasteiger partial charge in [-0.05, 0) is 12.8 Å². The van der Waals surface area contributed by atoms with Crippen molar-refractivity contribution < 1.29 is 47.8 Å². The number of phosphoric acid groups is 1. The van der Waals surface area contributed by atoms with Crippen LogP contribution in [0.4, 0.5) is 0 Å². The summed E-state index contributed by atoms with van der Waals surface area (Å²) in [5.74, 6) is -0.949. The molecule has 36 heavy (non-hydrogen) atoms. The van der Waals surface area contributed by atoms with Crippen molar-refractivity contribution in [2.24, 2.45) is 0 Å². The number of esters is 2. The molecule has 0 saturated heterocycles.